The number of fused-ring (bicyclic) bond motifs is 1. The second kappa shape index (κ2) is 6.15. The van der Waals surface area contributed by atoms with Crippen molar-refractivity contribution in [3.05, 3.63) is 40.2 Å². The van der Waals surface area contributed by atoms with Crippen LogP contribution in [0.4, 0.5) is 13.2 Å². The number of esters is 1. The average molecular weight is 366 g/mol. The monoisotopic (exact) mass is 366 g/mol. The van der Waals surface area contributed by atoms with Crippen molar-refractivity contribution >= 4 is 27.1 Å². The molecule has 0 amide bonds. The van der Waals surface area contributed by atoms with E-state index in [1.165, 1.54) is 0 Å². The van der Waals surface area contributed by atoms with Crippen LogP contribution in [0.5, 0.6) is 5.75 Å². The standard InChI is InChI=1S/C13H9F3O7S/c1-2-21-12(18)9-6-11(17)22-10-5-7(3-4-8(9)10)23-24(19,20)13(14,15)16/h3-6H,2H2,1H3. The first-order chi connectivity index (χ1) is 11.0. The van der Waals surface area contributed by atoms with Crippen LogP contribution in [-0.4, -0.2) is 26.5 Å². The number of carbonyl (C=O) groups excluding carboxylic acids is 1. The van der Waals surface area contributed by atoms with Crippen molar-refractivity contribution in [3.63, 3.8) is 0 Å². The molecule has 0 radical (unpaired) electrons. The molecule has 11 heteroatoms. The molecule has 0 N–H and O–H groups in total. The van der Waals surface area contributed by atoms with E-state index in [-0.39, 0.29) is 23.1 Å². The fourth-order valence-corrected chi connectivity index (χ4v) is 2.20. The van der Waals surface area contributed by atoms with Crippen LogP contribution in [0.3, 0.4) is 0 Å². The molecule has 0 aliphatic rings. The molecule has 0 spiro atoms. The summed E-state index contributed by atoms with van der Waals surface area (Å²) < 4.78 is 72.3. The van der Waals surface area contributed by atoms with Gasteiger partial charge in [0.25, 0.3) is 0 Å². The maximum Gasteiger partial charge on any atom is 0.534 e. The lowest BCUT2D eigenvalue weighted by Gasteiger charge is -2.10. The minimum absolute atomic E-state index is 0.0333. The Morgan fingerprint density at radius 2 is 1.92 bits per heavy atom. The van der Waals surface area contributed by atoms with E-state index in [1.54, 1.807) is 6.92 Å². The Kier molecular flexibility index (Phi) is 4.56. The maximum atomic E-state index is 12.3. The predicted molar refractivity (Wildman–Crippen MR) is 74.0 cm³/mol. The van der Waals surface area contributed by atoms with Crippen LogP contribution in [0.15, 0.2) is 33.5 Å². The number of halogens is 3. The van der Waals surface area contributed by atoms with Crippen molar-refractivity contribution in [2.45, 2.75) is 12.4 Å². The highest BCUT2D eigenvalue weighted by molar-refractivity contribution is 7.88. The number of rotatable bonds is 4. The molecule has 0 bridgehead atoms. The molecule has 0 atom stereocenters. The maximum absolute atomic E-state index is 12.3. The van der Waals surface area contributed by atoms with Crippen LogP contribution in [-0.2, 0) is 14.9 Å². The first-order valence-corrected chi connectivity index (χ1v) is 7.72. The molecule has 1 aromatic carbocycles. The Morgan fingerprint density at radius 1 is 1.25 bits per heavy atom. The third-order valence-electron chi connectivity index (χ3n) is 2.70. The largest absolute Gasteiger partial charge is 0.534 e. The van der Waals surface area contributed by atoms with E-state index in [9.17, 15) is 31.2 Å². The molecule has 7 nitrogen and oxygen atoms in total. The summed E-state index contributed by atoms with van der Waals surface area (Å²) in [7, 11) is -5.88. The molecule has 2 aromatic rings. The van der Waals surface area contributed by atoms with Gasteiger partial charge in [0.2, 0.25) is 0 Å². The normalized spacial score (nSPS) is 12.2. The second-order valence-electron chi connectivity index (χ2n) is 4.34. The molecular weight excluding hydrogens is 357 g/mol. The number of hydrogen-bond acceptors (Lipinski definition) is 7. The quantitative estimate of drug-likeness (QED) is 0.354. The molecule has 24 heavy (non-hydrogen) atoms. The highest BCUT2D eigenvalue weighted by Crippen LogP contribution is 2.29. The van der Waals surface area contributed by atoms with Gasteiger partial charge in [-0.3, -0.25) is 0 Å². The van der Waals surface area contributed by atoms with Gasteiger partial charge in [0.1, 0.15) is 11.3 Å². The summed E-state index contributed by atoms with van der Waals surface area (Å²) in [6, 6.07) is 3.57. The highest BCUT2D eigenvalue weighted by atomic mass is 32.2. The van der Waals surface area contributed by atoms with Crippen molar-refractivity contribution in [1.82, 2.24) is 0 Å². The fraction of sp³-hybridized carbons (Fsp3) is 0.231. The summed E-state index contributed by atoms with van der Waals surface area (Å²) in [4.78, 5) is 23.2. The lowest BCUT2D eigenvalue weighted by atomic mass is 10.1. The number of hydrogen-bond donors (Lipinski definition) is 0. The lowest BCUT2D eigenvalue weighted by molar-refractivity contribution is -0.0500. The molecular formula is C13H9F3O7S. The Balaban J connectivity index is 2.53. The van der Waals surface area contributed by atoms with Crippen molar-refractivity contribution in [2.24, 2.45) is 0 Å². The average Bonchev–Trinajstić information content (AvgIpc) is 2.44. The van der Waals surface area contributed by atoms with Crippen LogP contribution < -0.4 is 9.81 Å². The fourth-order valence-electron chi connectivity index (χ4n) is 1.75. The summed E-state index contributed by atoms with van der Waals surface area (Å²) in [5.74, 6) is -1.57. The van der Waals surface area contributed by atoms with Gasteiger partial charge in [-0.1, -0.05) is 0 Å². The number of benzene rings is 1. The van der Waals surface area contributed by atoms with E-state index in [1.807, 2.05) is 0 Å². The van der Waals surface area contributed by atoms with Crippen molar-refractivity contribution in [2.75, 3.05) is 6.61 Å². The second-order valence-corrected chi connectivity index (χ2v) is 5.88. The zero-order valence-electron chi connectivity index (χ0n) is 11.9. The molecule has 0 aliphatic heterocycles. The van der Waals surface area contributed by atoms with E-state index >= 15 is 0 Å². The van der Waals surface area contributed by atoms with Crippen LogP contribution in [0.1, 0.15) is 17.3 Å². The summed E-state index contributed by atoms with van der Waals surface area (Å²) >= 11 is 0. The van der Waals surface area contributed by atoms with Gasteiger partial charge in [-0.25, -0.2) is 9.59 Å². The van der Waals surface area contributed by atoms with E-state index < -0.39 is 33.0 Å². The minimum Gasteiger partial charge on any atom is -0.462 e. The van der Waals surface area contributed by atoms with Crippen LogP contribution in [0.2, 0.25) is 0 Å². The van der Waals surface area contributed by atoms with Crippen LogP contribution >= 0.6 is 0 Å². The summed E-state index contributed by atoms with van der Waals surface area (Å²) in [5.41, 5.74) is -7.09. The van der Waals surface area contributed by atoms with Gasteiger partial charge < -0.3 is 13.3 Å². The molecule has 0 fully saturated rings. The van der Waals surface area contributed by atoms with E-state index in [0.717, 1.165) is 24.3 Å². The van der Waals surface area contributed by atoms with Crippen LogP contribution in [0.25, 0.3) is 11.0 Å². The van der Waals surface area contributed by atoms with Crippen molar-refractivity contribution < 1.29 is 39.7 Å². The summed E-state index contributed by atoms with van der Waals surface area (Å²) in [6.07, 6.45) is 0. The Morgan fingerprint density at radius 3 is 2.50 bits per heavy atom. The van der Waals surface area contributed by atoms with Gasteiger partial charge in [-0.2, -0.15) is 21.6 Å². The van der Waals surface area contributed by atoms with Gasteiger partial charge in [0.05, 0.1) is 12.2 Å². The first-order valence-electron chi connectivity index (χ1n) is 6.31. The van der Waals surface area contributed by atoms with Crippen LogP contribution in [0, 0.1) is 0 Å². The molecule has 0 saturated carbocycles. The number of ether oxygens (including phenoxy) is 1. The third kappa shape index (κ3) is 3.50. The lowest BCUT2D eigenvalue weighted by Crippen LogP contribution is -2.28. The first kappa shape index (κ1) is 17.8. The van der Waals surface area contributed by atoms with Gasteiger partial charge >= 0.3 is 27.2 Å². The molecule has 0 saturated heterocycles. The van der Waals surface area contributed by atoms with Gasteiger partial charge in [-0.05, 0) is 19.1 Å². The topological polar surface area (TPSA) is 99.9 Å². The molecule has 1 heterocycles. The number of alkyl halides is 3. The highest BCUT2D eigenvalue weighted by Gasteiger charge is 2.48. The molecule has 1 aromatic heterocycles. The smallest absolute Gasteiger partial charge is 0.462 e. The van der Waals surface area contributed by atoms with E-state index in [0.29, 0.717) is 0 Å². The molecule has 0 unspecified atom stereocenters. The molecule has 0 aliphatic carbocycles. The number of carbonyl (C=O) groups is 1. The van der Waals surface area contributed by atoms with Crippen molar-refractivity contribution in [1.29, 1.82) is 0 Å². The Hall–Kier alpha value is -2.56. The molecule has 130 valence electrons. The zero-order valence-corrected chi connectivity index (χ0v) is 12.7. The van der Waals surface area contributed by atoms with E-state index in [2.05, 4.69) is 4.18 Å². The van der Waals surface area contributed by atoms with Crippen molar-refractivity contribution in [3.8, 4) is 5.75 Å². The Labute approximate surface area is 132 Å². The SMILES string of the molecule is CCOC(=O)c1cc(=O)oc2cc(OS(=O)(=O)C(F)(F)F)ccc12. The minimum atomic E-state index is -5.88. The van der Waals surface area contributed by atoms with E-state index in [4.69, 9.17) is 9.15 Å². The molecule has 2 rings (SSSR count). The predicted octanol–water partition coefficient (Wildman–Crippen LogP) is 2.20. The summed E-state index contributed by atoms with van der Waals surface area (Å²) in [5, 5.41) is 0.0461. The van der Waals surface area contributed by atoms with Gasteiger partial charge in [0, 0.05) is 17.5 Å². The van der Waals surface area contributed by atoms with Gasteiger partial charge in [-0.15, -0.1) is 0 Å². The Bertz CT molecular complexity index is 944. The van der Waals surface area contributed by atoms with Gasteiger partial charge in [0.15, 0.2) is 0 Å². The third-order valence-corrected chi connectivity index (χ3v) is 3.68. The summed E-state index contributed by atoms with van der Waals surface area (Å²) in [6.45, 7) is 1.57. The zero-order chi connectivity index (χ0) is 18.1.